The number of nitrogen functional groups attached to an aromatic ring is 1. The zero-order chi connectivity index (χ0) is 19.9. The Morgan fingerprint density at radius 2 is 1.96 bits per heavy atom. The van der Waals surface area contributed by atoms with E-state index in [1.165, 1.54) is 0 Å². The third kappa shape index (κ3) is 3.19. The van der Waals surface area contributed by atoms with E-state index in [9.17, 15) is 9.59 Å². The molecular formula is C17H19Cl2N5O3. The molecule has 0 saturated heterocycles. The van der Waals surface area contributed by atoms with Gasteiger partial charge in [-0.05, 0) is 32.9 Å². The number of urea groups is 1. The number of nitrogens with two attached hydrogens (primary N) is 1. The monoisotopic (exact) mass is 411 g/mol. The van der Waals surface area contributed by atoms with Crippen molar-refractivity contribution in [3.63, 3.8) is 0 Å². The molecule has 10 heteroatoms. The van der Waals surface area contributed by atoms with Gasteiger partial charge in [0.25, 0.3) is 0 Å². The Hall–Kier alpha value is -2.45. The number of amides is 2. The number of para-hydroxylation sites is 1. The summed E-state index contributed by atoms with van der Waals surface area (Å²) in [7, 11) is 0. The van der Waals surface area contributed by atoms with Crippen molar-refractivity contribution in [2.45, 2.75) is 32.9 Å². The van der Waals surface area contributed by atoms with E-state index in [0.29, 0.717) is 27.0 Å². The number of rotatable bonds is 2. The van der Waals surface area contributed by atoms with Crippen LogP contribution in [0.4, 0.5) is 21.1 Å². The fourth-order valence-electron chi connectivity index (χ4n) is 3.04. The highest BCUT2D eigenvalue weighted by atomic mass is 35.5. The molecule has 1 aliphatic heterocycles. The van der Waals surface area contributed by atoms with Gasteiger partial charge < -0.3 is 20.7 Å². The molecule has 2 amide bonds. The number of ether oxygens (including phenoxy) is 1. The van der Waals surface area contributed by atoms with Crippen LogP contribution < -0.4 is 11.1 Å². The smallest absolute Gasteiger partial charge is 0.436 e. The van der Waals surface area contributed by atoms with E-state index in [-0.39, 0.29) is 19.0 Å². The summed E-state index contributed by atoms with van der Waals surface area (Å²) in [5.41, 5.74) is 6.73. The fourth-order valence-corrected chi connectivity index (χ4v) is 3.53. The summed E-state index contributed by atoms with van der Waals surface area (Å²) in [5.74, 6) is 0.155. The summed E-state index contributed by atoms with van der Waals surface area (Å²) in [5, 5.41) is 7.68. The number of benzene rings is 1. The minimum Gasteiger partial charge on any atom is -0.448 e. The van der Waals surface area contributed by atoms with E-state index in [4.69, 9.17) is 33.7 Å². The van der Waals surface area contributed by atoms with Gasteiger partial charge in [-0.2, -0.15) is 5.10 Å². The second-order valence-corrected chi connectivity index (χ2v) is 7.31. The van der Waals surface area contributed by atoms with Crippen LogP contribution in [-0.2, 0) is 16.8 Å². The molecule has 27 heavy (non-hydrogen) atoms. The molecular weight excluding hydrogens is 393 g/mol. The second kappa shape index (κ2) is 6.94. The SMILES string of the molecule is CCOC(=O)n1nc2c(c1N)CN(C(=O)Nc1c(Cl)cccc1Cl)C2(C)C. The van der Waals surface area contributed by atoms with Gasteiger partial charge in [-0.15, -0.1) is 4.68 Å². The van der Waals surface area contributed by atoms with E-state index in [1.54, 1.807) is 30.0 Å². The van der Waals surface area contributed by atoms with Gasteiger partial charge in [-0.1, -0.05) is 29.3 Å². The molecule has 0 bridgehead atoms. The van der Waals surface area contributed by atoms with Crippen LogP contribution in [0, 0.1) is 0 Å². The van der Waals surface area contributed by atoms with Crippen molar-refractivity contribution in [3.05, 3.63) is 39.5 Å². The number of fused-ring (bicyclic) bond motifs is 1. The Bertz CT molecular complexity index is 905. The Balaban J connectivity index is 1.88. The molecule has 1 aromatic heterocycles. The molecule has 0 atom stereocenters. The van der Waals surface area contributed by atoms with Crippen LogP contribution in [0.25, 0.3) is 0 Å². The number of aromatic nitrogens is 2. The van der Waals surface area contributed by atoms with Gasteiger partial charge in [0, 0.05) is 5.56 Å². The van der Waals surface area contributed by atoms with Crippen molar-refractivity contribution in [3.8, 4) is 0 Å². The Labute approximate surface area is 166 Å². The van der Waals surface area contributed by atoms with Crippen molar-refractivity contribution in [1.29, 1.82) is 0 Å². The number of anilines is 2. The predicted octanol–water partition coefficient (Wildman–Crippen LogP) is 4.06. The van der Waals surface area contributed by atoms with Crippen molar-refractivity contribution >= 4 is 46.8 Å². The Kier molecular flexibility index (Phi) is 4.96. The number of hydrogen-bond donors (Lipinski definition) is 2. The first kappa shape index (κ1) is 19.3. The Morgan fingerprint density at radius 3 is 2.52 bits per heavy atom. The van der Waals surface area contributed by atoms with E-state index in [1.807, 2.05) is 13.8 Å². The van der Waals surface area contributed by atoms with Crippen molar-refractivity contribution in [2.24, 2.45) is 0 Å². The molecule has 1 aliphatic rings. The highest BCUT2D eigenvalue weighted by Gasteiger charge is 2.45. The molecule has 0 fully saturated rings. The van der Waals surface area contributed by atoms with Crippen LogP contribution in [0.1, 0.15) is 32.0 Å². The summed E-state index contributed by atoms with van der Waals surface area (Å²) < 4.78 is 5.98. The topological polar surface area (TPSA) is 102 Å². The third-order valence-electron chi connectivity index (χ3n) is 4.47. The van der Waals surface area contributed by atoms with Crippen LogP contribution in [-0.4, -0.2) is 33.4 Å². The summed E-state index contributed by atoms with van der Waals surface area (Å²) in [6.45, 7) is 5.71. The molecule has 8 nitrogen and oxygen atoms in total. The zero-order valence-corrected chi connectivity index (χ0v) is 16.6. The van der Waals surface area contributed by atoms with Crippen molar-refractivity contribution in [2.75, 3.05) is 17.7 Å². The number of carbonyl (C=O) groups is 2. The van der Waals surface area contributed by atoms with Gasteiger partial charge in [0.15, 0.2) is 0 Å². The molecule has 2 aromatic rings. The molecule has 0 saturated carbocycles. The van der Waals surface area contributed by atoms with Gasteiger partial charge >= 0.3 is 12.1 Å². The maximum Gasteiger partial charge on any atom is 0.436 e. The minimum atomic E-state index is -0.807. The quantitative estimate of drug-likeness (QED) is 0.775. The summed E-state index contributed by atoms with van der Waals surface area (Å²) in [4.78, 5) is 26.4. The van der Waals surface area contributed by atoms with E-state index in [2.05, 4.69) is 10.4 Å². The standard InChI is InChI=1S/C17H19Cl2N5O3/c1-4-27-16(26)24-14(20)9-8-23(17(2,3)13(9)22-24)15(25)21-12-10(18)6-5-7-11(12)19/h5-7H,4,8,20H2,1-3H3,(H,21,25). The fraction of sp³-hybridized carbons (Fsp3) is 0.353. The maximum atomic E-state index is 12.9. The predicted molar refractivity (Wildman–Crippen MR) is 103 cm³/mol. The highest BCUT2D eigenvalue weighted by Crippen LogP contribution is 2.41. The molecule has 0 unspecified atom stereocenters. The maximum absolute atomic E-state index is 12.9. The molecule has 3 N–H and O–H groups in total. The minimum absolute atomic E-state index is 0.155. The first-order valence-corrected chi connectivity index (χ1v) is 9.01. The summed E-state index contributed by atoms with van der Waals surface area (Å²) >= 11 is 12.3. The second-order valence-electron chi connectivity index (χ2n) is 6.50. The van der Waals surface area contributed by atoms with E-state index in [0.717, 1.165) is 4.68 Å². The summed E-state index contributed by atoms with van der Waals surface area (Å²) in [6.07, 6.45) is -0.654. The Morgan fingerprint density at radius 1 is 1.33 bits per heavy atom. The summed E-state index contributed by atoms with van der Waals surface area (Å²) in [6, 6.07) is 4.55. The van der Waals surface area contributed by atoms with Crippen LogP contribution >= 0.6 is 23.2 Å². The molecule has 1 aromatic carbocycles. The van der Waals surface area contributed by atoms with Gasteiger partial charge in [-0.25, -0.2) is 9.59 Å². The van der Waals surface area contributed by atoms with Crippen LogP contribution in [0.3, 0.4) is 0 Å². The molecule has 144 valence electrons. The van der Waals surface area contributed by atoms with Gasteiger partial charge in [0.1, 0.15) is 5.82 Å². The first-order chi connectivity index (χ1) is 12.7. The van der Waals surface area contributed by atoms with Gasteiger partial charge in [-0.3, -0.25) is 0 Å². The molecule has 0 aliphatic carbocycles. The average molecular weight is 412 g/mol. The number of carbonyl (C=O) groups excluding carboxylic acids is 2. The van der Waals surface area contributed by atoms with E-state index < -0.39 is 17.7 Å². The molecule has 3 rings (SSSR count). The average Bonchev–Trinajstić information content (AvgIpc) is 3.06. The van der Waals surface area contributed by atoms with Crippen LogP contribution in [0.5, 0.6) is 0 Å². The van der Waals surface area contributed by atoms with Gasteiger partial charge in [0.05, 0.1) is 40.1 Å². The lowest BCUT2D eigenvalue weighted by Gasteiger charge is -2.31. The lowest BCUT2D eigenvalue weighted by Crippen LogP contribution is -2.43. The van der Waals surface area contributed by atoms with Crippen molar-refractivity contribution in [1.82, 2.24) is 14.7 Å². The highest BCUT2D eigenvalue weighted by molar-refractivity contribution is 6.39. The van der Waals surface area contributed by atoms with Gasteiger partial charge in [0.2, 0.25) is 0 Å². The largest absolute Gasteiger partial charge is 0.448 e. The molecule has 0 spiro atoms. The number of halogens is 2. The number of hydrogen-bond acceptors (Lipinski definition) is 5. The van der Waals surface area contributed by atoms with Crippen LogP contribution in [0.2, 0.25) is 10.0 Å². The number of nitrogens with one attached hydrogen (secondary N) is 1. The lowest BCUT2D eigenvalue weighted by atomic mass is 10.0. The molecule has 0 radical (unpaired) electrons. The molecule has 2 heterocycles. The third-order valence-corrected chi connectivity index (χ3v) is 5.10. The lowest BCUT2D eigenvalue weighted by molar-refractivity contribution is 0.145. The van der Waals surface area contributed by atoms with Crippen LogP contribution in [0.15, 0.2) is 18.2 Å². The first-order valence-electron chi connectivity index (χ1n) is 8.26. The normalized spacial score (nSPS) is 14.8. The van der Waals surface area contributed by atoms with E-state index >= 15 is 0 Å². The zero-order valence-electron chi connectivity index (χ0n) is 15.0. The van der Waals surface area contributed by atoms with Crippen molar-refractivity contribution < 1.29 is 14.3 Å². The number of nitrogens with zero attached hydrogens (tertiary/aromatic N) is 3.